The summed E-state index contributed by atoms with van der Waals surface area (Å²) in [6, 6.07) is 14.3. The van der Waals surface area contributed by atoms with Crippen LogP contribution < -0.4 is 10.8 Å². The van der Waals surface area contributed by atoms with Gasteiger partial charge in [-0.15, -0.1) is 0 Å². The lowest BCUT2D eigenvalue weighted by Crippen LogP contribution is -2.70. The van der Waals surface area contributed by atoms with Crippen LogP contribution in [0.25, 0.3) is 0 Å². The first-order valence-electron chi connectivity index (χ1n) is 14.9. The van der Waals surface area contributed by atoms with E-state index in [1.54, 1.807) is 0 Å². The van der Waals surface area contributed by atoms with E-state index in [1.165, 1.54) is 24.3 Å². The molecular formula is C31H31F13N2O5. The molecule has 286 valence electrons. The normalized spacial score (nSPS) is 13.1. The number of rotatable bonds is 20. The Bertz CT molecular complexity index is 1440. The van der Waals surface area contributed by atoms with Gasteiger partial charge < -0.3 is 10.1 Å². The quantitative estimate of drug-likeness (QED) is 0.0613. The molecule has 51 heavy (non-hydrogen) atoms. The largest absolute Gasteiger partial charge is 0.465 e. The first-order chi connectivity index (χ1) is 23.5. The summed E-state index contributed by atoms with van der Waals surface area (Å²) in [6.45, 7) is -1.63. The van der Waals surface area contributed by atoms with Gasteiger partial charge in [-0.2, -0.15) is 57.1 Å². The third-order valence-corrected chi connectivity index (χ3v) is 7.09. The van der Waals surface area contributed by atoms with Gasteiger partial charge in [-0.3, -0.25) is 19.2 Å². The number of esters is 1. The molecule has 2 amide bonds. The van der Waals surface area contributed by atoms with Gasteiger partial charge in [-0.05, 0) is 36.1 Å². The maximum absolute atomic E-state index is 13.8. The summed E-state index contributed by atoms with van der Waals surface area (Å²) in [5.74, 6) is -39.6. The molecule has 0 aliphatic heterocycles. The molecule has 0 saturated heterocycles. The Hall–Kier alpha value is -4.10. The first kappa shape index (κ1) is 43.1. The smallest absolute Gasteiger partial charge is 0.460 e. The predicted octanol–water partition coefficient (Wildman–Crippen LogP) is 8.43. The average molecular weight is 759 g/mol. The fraction of sp³-hybridized carbons (Fsp3) is 0.516. The number of anilines is 1. The van der Waals surface area contributed by atoms with E-state index in [0.717, 1.165) is 5.56 Å². The highest BCUT2D eigenvalue weighted by Gasteiger charge is 2.90. The van der Waals surface area contributed by atoms with Crippen LogP contribution in [0.15, 0.2) is 54.6 Å². The lowest BCUT2D eigenvalue weighted by molar-refractivity contribution is -0.440. The number of hydrogen-bond donors (Lipinski definition) is 2. The minimum Gasteiger partial charge on any atom is -0.465 e. The topological polar surface area (TPSA) is 93.7 Å². The van der Waals surface area contributed by atoms with Crippen molar-refractivity contribution in [2.75, 3.05) is 11.9 Å². The maximum atomic E-state index is 13.8. The van der Waals surface area contributed by atoms with Crippen LogP contribution in [0.4, 0.5) is 62.8 Å². The van der Waals surface area contributed by atoms with Crippen LogP contribution in [-0.4, -0.2) is 60.2 Å². The van der Waals surface area contributed by atoms with E-state index >= 15 is 0 Å². The standard InChI is InChI=1S/C31H31F13N2O5/c32-26(33,27(34,35)28(36,37)29(38,39)30(40,41)31(42,43)44)16-17-50-25(49)18-20-12-14-22(15-13-20)45-23(47)10-6-1-2-7-11-24(48)46-51-19-21-8-4-3-5-9-21/h3-5,8-9,12-15H,1-2,6-7,10-11,16-19H2,(H,45,47)(H,46,48). The Morgan fingerprint density at radius 1 is 0.588 bits per heavy atom. The molecular weight excluding hydrogens is 727 g/mol. The van der Waals surface area contributed by atoms with Crippen molar-refractivity contribution >= 4 is 23.5 Å². The minimum atomic E-state index is -8.01. The van der Waals surface area contributed by atoms with Gasteiger partial charge >= 0.3 is 41.8 Å². The Labute approximate surface area is 281 Å². The van der Waals surface area contributed by atoms with E-state index in [1.807, 2.05) is 30.3 Å². The summed E-state index contributed by atoms with van der Waals surface area (Å²) in [4.78, 5) is 41.0. The van der Waals surface area contributed by atoms with Crippen LogP contribution in [0.3, 0.4) is 0 Å². The monoisotopic (exact) mass is 758 g/mol. The van der Waals surface area contributed by atoms with E-state index in [9.17, 15) is 71.5 Å². The fourth-order valence-corrected chi connectivity index (χ4v) is 4.15. The van der Waals surface area contributed by atoms with Crippen molar-refractivity contribution in [2.24, 2.45) is 0 Å². The molecule has 2 aromatic rings. The molecule has 20 heteroatoms. The third kappa shape index (κ3) is 11.2. The highest BCUT2D eigenvalue weighted by atomic mass is 19.4. The van der Waals surface area contributed by atoms with Gasteiger partial charge in [-0.1, -0.05) is 55.3 Å². The average Bonchev–Trinajstić information content (AvgIpc) is 3.03. The number of nitrogens with one attached hydrogen (secondary N) is 2. The number of benzene rings is 2. The van der Waals surface area contributed by atoms with Crippen molar-refractivity contribution in [3.63, 3.8) is 0 Å². The number of unbranched alkanes of at least 4 members (excludes halogenated alkanes) is 3. The Morgan fingerprint density at radius 3 is 1.67 bits per heavy atom. The zero-order chi connectivity index (χ0) is 38.7. The number of halogens is 13. The number of hydrogen-bond acceptors (Lipinski definition) is 5. The van der Waals surface area contributed by atoms with Crippen LogP contribution in [0.2, 0.25) is 0 Å². The molecule has 0 atom stereocenters. The molecule has 2 aromatic carbocycles. The molecule has 0 bridgehead atoms. The van der Waals surface area contributed by atoms with Crippen molar-refractivity contribution in [3.05, 3.63) is 65.7 Å². The van der Waals surface area contributed by atoms with E-state index in [-0.39, 0.29) is 42.5 Å². The molecule has 0 heterocycles. The maximum Gasteiger partial charge on any atom is 0.460 e. The third-order valence-electron chi connectivity index (χ3n) is 7.09. The molecule has 0 fully saturated rings. The van der Waals surface area contributed by atoms with Crippen molar-refractivity contribution in [1.82, 2.24) is 5.48 Å². The van der Waals surface area contributed by atoms with Gasteiger partial charge in [0, 0.05) is 18.5 Å². The highest BCUT2D eigenvalue weighted by molar-refractivity contribution is 5.90. The Morgan fingerprint density at radius 2 is 1.12 bits per heavy atom. The number of amides is 2. The zero-order valence-electron chi connectivity index (χ0n) is 26.2. The van der Waals surface area contributed by atoms with E-state index < -0.39 is 61.2 Å². The summed E-state index contributed by atoms with van der Waals surface area (Å²) in [6.07, 6.45) is -8.20. The lowest BCUT2D eigenvalue weighted by Gasteiger charge is -2.39. The van der Waals surface area contributed by atoms with Gasteiger partial charge in [0.25, 0.3) is 0 Å². The van der Waals surface area contributed by atoms with Crippen molar-refractivity contribution in [1.29, 1.82) is 0 Å². The molecule has 2 rings (SSSR count). The van der Waals surface area contributed by atoms with Crippen LogP contribution in [-0.2, 0) is 37.0 Å². The SMILES string of the molecule is O=C(CCCCCCC(=O)Nc1ccc(CC(=O)OCCC(F)(F)C(F)(F)C(F)(F)C(F)(F)C(F)(F)C(F)(F)F)cc1)NOCc1ccccc1. The second-order valence-corrected chi connectivity index (χ2v) is 11.1. The number of carbonyl (C=O) groups is 3. The van der Waals surface area contributed by atoms with Gasteiger partial charge in [0.05, 0.1) is 26.1 Å². The van der Waals surface area contributed by atoms with Gasteiger partial charge in [0.1, 0.15) is 0 Å². The lowest BCUT2D eigenvalue weighted by atomic mass is 9.93. The highest BCUT2D eigenvalue weighted by Crippen LogP contribution is 2.60. The molecule has 0 aliphatic carbocycles. The summed E-state index contributed by atoms with van der Waals surface area (Å²) in [5, 5.41) is 2.56. The number of carbonyl (C=O) groups excluding carboxylic acids is 3. The number of hydroxylamine groups is 1. The molecule has 0 spiro atoms. The van der Waals surface area contributed by atoms with Crippen molar-refractivity contribution < 1.29 is 81.0 Å². The first-order valence-corrected chi connectivity index (χ1v) is 14.9. The molecule has 2 N–H and O–H groups in total. The van der Waals surface area contributed by atoms with Gasteiger partial charge in [0.15, 0.2) is 0 Å². The van der Waals surface area contributed by atoms with Crippen LogP contribution >= 0.6 is 0 Å². The molecule has 0 radical (unpaired) electrons. The molecule has 0 unspecified atom stereocenters. The van der Waals surface area contributed by atoms with E-state index in [0.29, 0.717) is 25.7 Å². The zero-order valence-corrected chi connectivity index (χ0v) is 26.2. The molecule has 7 nitrogen and oxygen atoms in total. The van der Waals surface area contributed by atoms with Crippen LogP contribution in [0, 0.1) is 0 Å². The van der Waals surface area contributed by atoms with Crippen molar-refractivity contribution in [2.45, 2.75) is 93.8 Å². The van der Waals surface area contributed by atoms with Gasteiger partial charge in [-0.25, -0.2) is 5.48 Å². The Kier molecular flexibility index (Phi) is 14.7. The summed E-state index contributed by atoms with van der Waals surface area (Å²) >= 11 is 0. The summed E-state index contributed by atoms with van der Waals surface area (Å²) in [7, 11) is 0. The summed E-state index contributed by atoms with van der Waals surface area (Å²) in [5.41, 5.74) is 3.60. The van der Waals surface area contributed by atoms with Crippen LogP contribution in [0.5, 0.6) is 0 Å². The predicted molar refractivity (Wildman–Crippen MR) is 152 cm³/mol. The fourth-order valence-electron chi connectivity index (χ4n) is 4.15. The second-order valence-electron chi connectivity index (χ2n) is 11.1. The molecule has 0 saturated carbocycles. The Balaban J connectivity index is 1.72. The number of alkyl halides is 13. The number of ether oxygens (including phenoxy) is 1. The van der Waals surface area contributed by atoms with Gasteiger partial charge in [0.2, 0.25) is 11.8 Å². The minimum absolute atomic E-state index is 0.102. The van der Waals surface area contributed by atoms with Crippen molar-refractivity contribution in [3.8, 4) is 0 Å². The molecule has 0 aromatic heterocycles. The van der Waals surface area contributed by atoms with E-state index in [2.05, 4.69) is 15.5 Å². The van der Waals surface area contributed by atoms with E-state index in [4.69, 9.17) is 4.84 Å². The second kappa shape index (κ2) is 17.4. The molecule has 0 aliphatic rings. The summed E-state index contributed by atoms with van der Waals surface area (Å²) < 4.78 is 175. The van der Waals surface area contributed by atoms with Crippen LogP contribution in [0.1, 0.15) is 56.1 Å².